The number of methoxy groups -OCH3 is 1. The first kappa shape index (κ1) is 15.5. The molecule has 1 aromatic rings. The van der Waals surface area contributed by atoms with Gasteiger partial charge in [-0.25, -0.2) is 4.98 Å². The number of aryl methyl sites for hydroxylation is 1. The van der Waals surface area contributed by atoms with Gasteiger partial charge in [0.1, 0.15) is 5.82 Å². The minimum absolute atomic E-state index is 0.0593. The van der Waals surface area contributed by atoms with Crippen molar-refractivity contribution in [3.63, 3.8) is 0 Å². The van der Waals surface area contributed by atoms with Crippen LogP contribution in [0.1, 0.15) is 45.4 Å². The molecule has 20 heavy (non-hydrogen) atoms. The zero-order valence-corrected chi connectivity index (χ0v) is 13.6. The van der Waals surface area contributed by atoms with Crippen LogP contribution in [0.4, 0.5) is 0 Å². The molecule has 1 fully saturated rings. The summed E-state index contributed by atoms with van der Waals surface area (Å²) in [6.45, 7) is 4.72. The highest BCUT2D eigenvalue weighted by molar-refractivity contribution is 5.04. The maximum Gasteiger partial charge on any atom is 0.110 e. The molecule has 0 amide bonds. The average molecular weight is 279 g/mol. The third kappa shape index (κ3) is 3.07. The van der Waals surface area contributed by atoms with Crippen LogP contribution >= 0.6 is 0 Å². The van der Waals surface area contributed by atoms with E-state index in [9.17, 15) is 0 Å². The first-order valence-electron chi connectivity index (χ1n) is 7.61. The van der Waals surface area contributed by atoms with E-state index in [1.165, 1.54) is 12.8 Å². The highest BCUT2D eigenvalue weighted by Gasteiger charge is 2.44. The third-order valence-electron chi connectivity index (χ3n) is 5.15. The maximum atomic E-state index is 6.01. The molecule has 0 aromatic carbocycles. The van der Waals surface area contributed by atoms with E-state index in [1.807, 2.05) is 26.6 Å². The number of hydrogen-bond acceptors (Lipinski definition) is 3. The molecular formula is C16H29N3O. The second-order valence-corrected chi connectivity index (χ2v) is 6.93. The molecule has 0 spiro atoms. The standard InChI is InChI=1S/C16H29N3O/c1-15(2)6-8-16(20-5,9-7-15)13(17-3)12-14-18-10-11-19(14)4/h10-11,13,17H,6-9,12H2,1-5H3. The fourth-order valence-corrected chi connectivity index (χ4v) is 3.37. The van der Waals surface area contributed by atoms with Crippen molar-refractivity contribution in [2.24, 2.45) is 12.5 Å². The smallest absolute Gasteiger partial charge is 0.110 e. The van der Waals surface area contributed by atoms with E-state index in [2.05, 4.69) is 35.8 Å². The number of rotatable bonds is 5. The summed E-state index contributed by atoms with van der Waals surface area (Å²) < 4.78 is 8.11. The van der Waals surface area contributed by atoms with Gasteiger partial charge in [0.15, 0.2) is 0 Å². The highest BCUT2D eigenvalue weighted by Crippen LogP contribution is 2.43. The summed E-state index contributed by atoms with van der Waals surface area (Å²) in [6.07, 6.45) is 9.46. The molecule has 1 heterocycles. The lowest BCUT2D eigenvalue weighted by molar-refractivity contribution is -0.0851. The molecule has 114 valence electrons. The van der Waals surface area contributed by atoms with Crippen LogP contribution in [-0.2, 0) is 18.2 Å². The van der Waals surface area contributed by atoms with E-state index in [0.717, 1.165) is 25.1 Å². The van der Waals surface area contributed by atoms with Crippen LogP contribution in [0, 0.1) is 5.41 Å². The van der Waals surface area contributed by atoms with Crippen LogP contribution in [0.2, 0.25) is 0 Å². The average Bonchev–Trinajstić information content (AvgIpc) is 2.83. The van der Waals surface area contributed by atoms with E-state index in [-0.39, 0.29) is 5.60 Å². The van der Waals surface area contributed by atoms with Crippen molar-refractivity contribution in [3.8, 4) is 0 Å². The molecule has 1 unspecified atom stereocenters. The molecule has 1 N–H and O–H groups in total. The number of likely N-dealkylation sites (N-methyl/N-ethyl adjacent to an activating group) is 1. The molecule has 1 saturated carbocycles. The minimum atomic E-state index is -0.0593. The van der Waals surface area contributed by atoms with Crippen LogP contribution in [0.5, 0.6) is 0 Å². The quantitative estimate of drug-likeness (QED) is 0.900. The van der Waals surface area contributed by atoms with Gasteiger partial charge in [-0.15, -0.1) is 0 Å². The summed E-state index contributed by atoms with van der Waals surface area (Å²) in [5.74, 6) is 1.12. The summed E-state index contributed by atoms with van der Waals surface area (Å²) in [7, 11) is 5.95. The molecule has 0 saturated heterocycles. The predicted molar refractivity (Wildman–Crippen MR) is 81.7 cm³/mol. The van der Waals surface area contributed by atoms with Crippen molar-refractivity contribution in [2.45, 2.75) is 57.6 Å². The van der Waals surface area contributed by atoms with E-state index in [4.69, 9.17) is 4.74 Å². The zero-order valence-electron chi connectivity index (χ0n) is 13.6. The fourth-order valence-electron chi connectivity index (χ4n) is 3.37. The van der Waals surface area contributed by atoms with E-state index in [0.29, 0.717) is 11.5 Å². The molecule has 1 atom stereocenters. The molecule has 0 bridgehead atoms. The van der Waals surface area contributed by atoms with Crippen LogP contribution < -0.4 is 5.32 Å². The molecule has 4 nitrogen and oxygen atoms in total. The van der Waals surface area contributed by atoms with E-state index >= 15 is 0 Å². The van der Waals surface area contributed by atoms with E-state index in [1.54, 1.807) is 0 Å². The lowest BCUT2D eigenvalue weighted by atomic mass is 9.68. The Morgan fingerprint density at radius 2 is 2.00 bits per heavy atom. The van der Waals surface area contributed by atoms with Gasteiger partial charge in [0, 0.05) is 39.0 Å². The Balaban J connectivity index is 2.14. The Bertz CT molecular complexity index is 429. The largest absolute Gasteiger partial charge is 0.377 e. The zero-order chi connectivity index (χ0) is 14.8. The molecule has 4 heteroatoms. The molecule has 1 aromatic heterocycles. The first-order chi connectivity index (χ1) is 9.42. The molecule has 2 rings (SSSR count). The number of aromatic nitrogens is 2. The lowest BCUT2D eigenvalue weighted by Crippen LogP contribution is -2.55. The van der Waals surface area contributed by atoms with Gasteiger partial charge in [0.25, 0.3) is 0 Å². The molecule has 0 radical (unpaired) electrons. The topological polar surface area (TPSA) is 39.1 Å². The van der Waals surface area contributed by atoms with Gasteiger partial charge in [-0.1, -0.05) is 13.8 Å². The minimum Gasteiger partial charge on any atom is -0.377 e. The summed E-state index contributed by atoms with van der Waals surface area (Å²) in [4.78, 5) is 4.46. The number of ether oxygens (including phenoxy) is 1. The van der Waals surface area contributed by atoms with Gasteiger partial charge in [-0.2, -0.15) is 0 Å². The van der Waals surface area contributed by atoms with Gasteiger partial charge >= 0.3 is 0 Å². The van der Waals surface area contributed by atoms with Crippen molar-refractivity contribution in [3.05, 3.63) is 18.2 Å². The lowest BCUT2D eigenvalue weighted by Gasteiger charge is -2.47. The van der Waals surface area contributed by atoms with Crippen LogP contribution in [0.15, 0.2) is 12.4 Å². The summed E-state index contributed by atoms with van der Waals surface area (Å²) in [5, 5.41) is 3.48. The fraction of sp³-hybridized carbons (Fsp3) is 0.812. The Morgan fingerprint density at radius 3 is 2.45 bits per heavy atom. The van der Waals surface area contributed by atoms with Crippen molar-refractivity contribution in [1.82, 2.24) is 14.9 Å². The number of nitrogens with one attached hydrogen (secondary N) is 1. The van der Waals surface area contributed by atoms with E-state index < -0.39 is 0 Å². The molecular weight excluding hydrogens is 250 g/mol. The van der Waals surface area contributed by atoms with Gasteiger partial charge in [0.2, 0.25) is 0 Å². The second-order valence-electron chi connectivity index (χ2n) is 6.93. The first-order valence-corrected chi connectivity index (χ1v) is 7.61. The predicted octanol–water partition coefficient (Wildman–Crippen LogP) is 2.54. The van der Waals surface area contributed by atoms with Crippen LogP contribution in [0.25, 0.3) is 0 Å². The molecule has 1 aliphatic rings. The Morgan fingerprint density at radius 1 is 1.35 bits per heavy atom. The van der Waals surface area contributed by atoms with Gasteiger partial charge in [-0.05, 0) is 38.1 Å². The third-order valence-corrected chi connectivity index (χ3v) is 5.15. The monoisotopic (exact) mass is 279 g/mol. The normalized spacial score (nSPS) is 22.6. The number of imidazole rings is 1. The Hall–Kier alpha value is -0.870. The van der Waals surface area contributed by atoms with Gasteiger partial charge in [0.05, 0.1) is 5.60 Å². The highest BCUT2D eigenvalue weighted by atomic mass is 16.5. The molecule has 1 aliphatic carbocycles. The summed E-state index contributed by atoms with van der Waals surface area (Å²) in [6, 6.07) is 0.310. The van der Waals surface area contributed by atoms with Crippen LogP contribution in [-0.4, -0.2) is 35.4 Å². The van der Waals surface area contributed by atoms with Gasteiger partial charge in [-0.3, -0.25) is 0 Å². The summed E-state index contributed by atoms with van der Waals surface area (Å²) in [5.41, 5.74) is 0.389. The Labute approximate surface area is 122 Å². The van der Waals surface area contributed by atoms with Crippen LogP contribution in [0.3, 0.4) is 0 Å². The number of nitrogens with zero attached hydrogens (tertiary/aromatic N) is 2. The second kappa shape index (κ2) is 5.86. The van der Waals surface area contributed by atoms with Gasteiger partial charge < -0.3 is 14.6 Å². The van der Waals surface area contributed by atoms with Crippen molar-refractivity contribution < 1.29 is 4.74 Å². The maximum absolute atomic E-state index is 6.01. The van der Waals surface area contributed by atoms with Crippen molar-refractivity contribution in [2.75, 3.05) is 14.2 Å². The Kier molecular flexibility index (Phi) is 4.55. The van der Waals surface area contributed by atoms with Crippen molar-refractivity contribution in [1.29, 1.82) is 0 Å². The van der Waals surface area contributed by atoms with Crippen molar-refractivity contribution >= 4 is 0 Å². The molecule has 0 aliphatic heterocycles. The SMILES string of the molecule is CNC(Cc1nccn1C)C1(OC)CCC(C)(C)CC1. The number of hydrogen-bond donors (Lipinski definition) is 1. The summed E-state index contributed by atoms with van der Waals surface area (Å²) >= 11 is 0.